The maximum Gasteiger partial charge on any atom is 0.420 e. The summed E-state index contributed by atoms with van der Waals surface area (Å²) < 4.78 is 59.5. The third-order valence-corrected chi connectivity index (χ3v) is 4.73. The Labute approximate surface area is 145 Å². The molecule has 1 aromatic carbocycles. The molecule has 0 spiro atoms. The molecule has 0 radical (unpaired) electrons. The second-order valence-electron chi connectivity index (χ2n) is 5.25. The highest BCUT2D eigenvalue weighted by Gasteiger charge is 2.38. The number of rotatable bonds is 4. The fourth-order valence-electron chi connectivity index (χ4n) is 2.27. The molecule has 0 aliphatic heterocycles. The number of carbonyl (C=O) groups is 1. The van der Waals surface area contributed by atoms with E-state index in [-0.39, 0.29) is 4.80 Å². The van der Waals surface area contributed by atoms with Crippen LogP contribution in [0.2, 0.25) is 0 Å². The Balaban J connectivity index is 2.56. The number of methoxy groups -OCH3 is 1. The smallest absolute Gasteiger partial charge is 0.383 e. The summed E-state index contributed by atoms with van der Waals surface area (Å²) >= 11 is 1.18. The van der Waals surface area contributed by atoms with Gasteiger partial charge in [0, 0.05) is 24.2 Å². The lowest BCUT2D eigenvalue weighted by molar-refractivity contribution is -0.140. The normalized spacial score (nSPS) is 12.7. The van der Waals surface area contributed by atoms with Gasteiger partial charge in [-0.2, -0.15) is 18.2 Å². The van der Waals surface area contributed by atoms with Crippen molar-refractivity contribution in [3.05, 3.63) is 50.5 Å². The number of benzene rings is 1. The molecule has 0 fully saturated rings. The summed E-state index contributed by atoms with van der Waals surface area (Å²) in [6.07, 6.45) is -4.99. The van der Waals surface area contributed by atoms with E-state index in [1.54, 1.807) is 4.57 Å². The second-order valence-corrected chi connectivity index (χ2v) is 6.43. The maximum atomic E-state index is 13.6. The summed E-state index contributed by atoms with van der Waals surface area (Å²) in [7, 11) is 1.51. The first kappa shape index (κ1) is 19.3. The predicted molar refractivity (Wildman–Crippen MR) is 85.0 cm³/mol. The summed E-state index contributed by atoms with van der Waals surface area (Å²) in [4.78, 5) is 17.2. The molecule has 0 aliphatic carbocycles. The number of alkyl halides is 3. The summed E-state index contributed by atoms with van der Waals surface area (Å²) in [5.74, 6) is -2.64. The fourth-order valence-corrected chi connectivity index (χ4v) is 3.26. The quantitative estimate of drug-likeness (QED) is 0.764. The van der Waals surface area contributed by atoms with Crippen molar-refractivity contribution in [1.82, 2.24) is 4.57 Å². The van der Waals surface area contributed by atoms with Crippen LogP contribution in [0.5, 0.6) is 0 Å². The first-order valence-electron chi connectivity index (χ1n) is 7.27. The van der Waals surface area contributed by atoms with Crippen molar-refractivity contribution in [2.24, 2.45) is 4.99 Å². The van der Waals surface area contributed by atoms with Gasteiger partial charge >= 0.3 is 6.18 Å². The molecule has 0 aliphatic rings. The number of ether oxygens (including phenoxy) is 1. The highest BCUT2D eigenvalue weighted by Crippen LogP contribution is 2.34. The van der Waals surface area contributed by atoms with E-state index in [1.165, 1.54) is 18.4 Å². The summed E-state index contributed by atoms with van der Waals surface area (Å²) in [5.41, 5.74) is -1.57. The number of carbonyl (C=O) groups excluding carboxylic acids is 1. The van der Waals surface area contributed by atoms with E-state index < -0.39 is 29.0 Å². The van der Waals surface area contributed by atoms with Crippen molar-refractivity contribution in [2.75, 3.05) is 13.7 Å². The summed E-state index contributed by atoms with van der Waals surface area (Å²) in [6, 6.07) is 2.64. The highest BCUT2D eigenvalue weighted by atomic mass is 32.1. The molecule has 4 nitrogen and oxygen atoms in total. The SMILES string of the molecule is COCCn1c(C)c(C)s/c1=N\C(=O)c1cccc(F)c1C(F)(F)F. The molecule has 25 heavy (non-hydrogen) atoms. The Morgan fingerprint density at radius 3 is 2.60 bits per heavy atom. The Hall–Kier alpha value is -2.00. The van der Waals surface area contributed by atoms with Crippen molar-refractivity contribution >= 4 is 17.2 Å². The van der Waals surface area contributed by atoms with Gasteiger partial charge in [0.1, 0.15) is 11.4 Å². The van der Waals surface area contributed by atoms with Gasteiger partial charge in [-0.15, -0.1) is 11.3 Å². The molecule has 0 unspecified atom stereocenters. The molecule has 1 heterocycles. The summed E-state index contributed by atoms with van der Waals surface area (Å²) in [6.45, 7) is 4.38. The standard InChI is InChI=1S/C16H16F4N2O2S/c1-9-10(2)25-15(22(9)7-8-24-3)21-14(23)11-5-4-6-12(17)13(11)16(18,19)20/h4-6H,7-8H2,1-3H3/b21-15-. The third-order valence-electron chi connectivity index (χ3n) is 3.63. The zero-order valence-corrected chi connectivity index (χ0v) is 14.6. The van der Waals surface area contributed by atoms with E-state index in [2.05, 4.69) is 4.99 Å². The van der Waals surface area contributed by atoms with Crippen LogP contribution in [0.1, 0.15) is 26.5 Å². The fraction of sp³-hybridized carbons (Fsp3) is 0.375. The van der Waals surface area contributed by atoms with Gasteiger partial charge in [-0.1, -0.05) is 6.07 Å². The minimum absolute atomic E-state index is 0.245. The Morgan fingerprint density at radius 1 is 1.32 bits per heavy atom. The zero-order chi connectivity index (χ0) is 18.8. The Kier molecular flexibility index (Phi) is 5.79. The van der Waals surface area contributed by atoms with Gasteiger partial charge in [0.25, 0.3) is 5.91 Å². The van der Waals surface area contributed by atoms with Gasteiger partial charge in [0.15, 0.2) is 4.80 Å². The number of hydrogen-bond donors (Lipinski definition) is 0. The molecule has 9 heteroatoms. The molecule has 2 aromatic rings. The van der Waals surface area contributed by atoms with E-state index >= 15 is 0 Å². The predicted octanol–water partition coefficient (Wildman–Crippen LogP) is 3.71. The van der Waals surface area contributed by atoms with Crippen LogP contribution in [-0.2, 0) is 17.5 Å². The van der Waals surface area contributed by atoms with Gasteiger partial charge in [0.2, 0.25) is 0 Å². The molecular formula is C16H16F4N2O2S. The number of aryl methyl sites for hydroxylation is 1. The van der Waals surface area contributed by atoms with Crippen LogP contribution in [0.4, 0.5) is 17.6 Å². The van der Waals surface area contributed by atoms with Gasteiger partial charge < -0.3 is 9.30 Å². The minimum Gasteiger partial charge on any atom is -0.383 e. The Bertz CT molecular complexity index is 853. The number of halogens is 4. The molecule has 0 atom stereocenters. The van der Waals surface area contributed by atoms with Crippen molar-refractivity contribution in [1.29, 1.82) is 0 Å². The summed E-state index contributed by atoms with van der Waals surface area (Å²) in [5, 5.41) is 0. The third kappa shape index (κ3) is 4.16. The van der Waals surface area contributed by atoms with Crippen LogP contribution in [-0.4, -0.2) is 24.2 Å². The van der Waals surface area contributed by atoms with Crippen LogP contribution in [0.3, 0.4) is 0 Å². The molecular weight excluding hydrogens is 360 g/mol. The number of hydrogen-bond acceptors (Lipinski definition) is 3. The first-order valence-corrected chi connectivity index (χ1v) is 8.09. The lowest BCUT2D eigenvalue weighted by atomic mass is 10.1. The van der Waals surface area contributed by atoms with Crippen molar-refractivity contribution < 1.29 is 27.1 Å². The largest absolute Gasteiger partial charge is 0.420 e. The van der Waals surface area contributed by atoms with Crippen LogP contribution in [0, 0.1) is 19.7 Å². The zero-order valence-electron chi connectivity index (χ0n) is 13.8. The lowest BCUT2D eigenvalue weighted by Gasteiger charge is -2.11. The monoisotopic (exact) mass is 376 g/mol. The van der Waals surface area contributed by atoms with Crippen LogP contribution < -0.4 is 4.80 Å². The van der Waals surface area contributed by atoms with E-state index in [0.29, 0.717) is 19.2 Å². The Morgan fingerprint density at radius 2 is 2.00 bits per heavy atom. The van der Waals surface area contributed by atoms with Crippen molar-refractivity contribution in [2.45, 2.75) is 26.6 Å². The molecule has 136 valence electrons. The molecule has 1 amide bonds. The number of nitrogens with zero attached hydrogens (tertiary/aromatic N) is 2. The minimum atomic E-state index is -4.99. The molecule has 0 saturated carbocycles. The van der Waals surface area contributed by atoms with Crippen LogP contribution in [0.15, 0.2) is 23.2 Å². The number of aromatic nitrogens is 1. The lowest BCUT2D eigenvalue weighted by Crippen LogP contribution is -2.22. The second kappa shape index (κ2) is 7.49. The van der Waals surface area contributed by atoms with Gasteiger partial charge in [-0.3, -0.25) is 4.79 Å². The van der Waals surface area contributed by atoms with E-state index in [1.807, 2.05) is 13.8 Å². The number of thiazole rings is 1. The average molecular weight is 376 g/mol. The van der Waals surface area contributed by atoms with Crippen molar-refractivity contribution in [3.63, 3.8) is 0 Å². The number of amides is 1. The first-order chi connectivity index (χ1) is 11.7. The van der Waals surface area contributed by atoms with Gasteiger partial charge in [-0.25, -0.2) is 4.39 Å². The van der Waals surface area contributed by atoms with E-state index in [4.69, 9.17) is 4.74 Å². The highest BCUT2D eigenvalue weighted by molar-refractivity contribution is 7.09. The molecule has 2 rings (SSSR count). The molecule has 1 aromatic heterocycles. The van der Waals surface area contributed by atoms with E-state index in [0.717, 1.165) is 22.7 Å². The molecule has 0 N–H and O–H groups in total. The average Bonchev–Trinajstić information content (AvgIpc) is 2.78. The van der Waals surface area contributed by atoms with Crippen LogP contribution in [0.25, 0.3) is 0 Å². The van der Waals surface area contributed by atoms with E-state index in [9.17, 15) is 22.4 Å². The van der Waals surface area contributed by atoms with Gasteiger partial charge in [-0.05, 0) is 26.0 Å². The maximum absolute atomic E-state index is 13.6. The topological polar surface area (TPSA) is 43.6 Å². The molecule has 0 bridgehead atoms. The van der Waals surface area contributed by atoms with Crippen molar-refractivity contribution in [3.8, 4) is 0 Å². The molecule has 0 saturated heterocycles. The van der Waals surface area contributed by atoms with Gasteiger partial charge in [0.05, 0.1) is 12.2 Å². The van der Waals surface area contributed by atoms with Crippen LogP contribution >= 0.6 is 11.3 Å².